The summed E-state index contributed by atoms with van der Waals surface area (Å²) in [5, 5.41) is 0.654. The number of rotatable bonds is 2. The molecule has 1 unspecified atom stereocenters. The maximum Gasteiger partial charge on any atom is 0.128 e. The van der Waals surface area contributed by atoms with Crippen LogP contribution >= 0.6 is 27.5 Å². The Kier molecular flexibility index (Phi) is 3.74. The minimum atomic E-state index is -0.270. The summed E-state index contributed by atoms with van der Waals surface area (Å²) in [6, 6.07) is 8.99. The Labute approximate surface area is 130 Å². The van der Waals surface area contributed by atoms with Gasteiger partial charge >= 0.3 is 0 Å². The van der Waals surface area contributed by atoms with Crippen molar-refractivity contribution >= 4 is 27.5 Å². The van der Waals surface area contributed by atoms with Gasteiger partial charge in [0, 0.05) is 22.6 Å². The van der Waals surface area contributed by atoms with Crippen molar-refractivity contribution < 1.29 is 9.13 Å². The Bertz CT molecular complexity index is 672. The summed E-state index contributed by atoms with van der Waals surface area (Å²) in [5.74, 6) is 0.606. The highest BCUT2D eigenvalue weighted by Gasteiger charge is 2.24. The van der Waals surface area contributed by atoms with E-state index in [1.807, 2.05) is 25.1 Å². The zero-order chi connectivity index (χ0) is 14.3. The van der Waals surface area contributed by atoms with Crippen LogP contribution in [0.1, 0.15) is 27.1 Å². The highest BCUT2D eigenvalue weighted by molar-refractivity contribution is 9.09. The number of hydrogen-bond donors (Lipinski definition) is 0. The molecule has 0 spiro atoms. The van der Waals surface area contributed by atoms with E-state index in [2.05, 4.69) is 15.9 Å². The second kappa shape index (κ2) is 5.38. The molecule has 0 aliphatic carbocycles. The summed E-state index contributed by atoms with van der Waals surface area (Å²) < 4.78 is 19.8. The van der Waals surface area contributed by atoms with E-state index in [1.54, 1.807) is 6.07 Å². The van der Waals surface area contributed by atoms with Gasteiger partial charge in [-0.1, -0.05) is 39.7 Å². The SMILES string of the molecule is Cc1ccc(C(Br)c2cc(Cl)cc3c2OCC3)c(F)c1. The molecule has 1 atom stereocenters. The van der Waals surface area contributed by atoms with Crippen molar-refractivity contribution in [2.45, 2.75) is 18.2 Å². The molecule has 20 heavy (non-hydrogen) atoms. The highest BCUT2D eigenvalue weighted by atomic mass is 79.9. The van der Waals surface area contributed by atoms with Crippen LogP contribution in [0, 0.1) is 12.7 Å². The van der Waals surface area contributed by atoms with Crippen molar-refractivity contribution in [3.8, 4) is 5.75 Å². The van der Waals surface area contributed by atoms with Crippen LogP contribution in [-0.4, -0.2) is 6.61 Å². The van der Waals surface area contributed by atoms with Crippen molar-refractivity contribution in [3.63, 3.8) is 0 Å². The van der Waals surface area contributed by atoms with Gasteiger partial charge < -0.3 is 4.74 Å². The maximum atomic E-state index is 14.1. The lowest BCUT2D eigenvalue weighted by Gasteiger charge is -2.16. The summed E-state index contributed by atoms with van der Waals surface area (Å²) in [7, 11) is 0. The molecule has 1 heterocycles. The van der Waals surface area contributed by atoms with Gasteiger partial charge in [-0.3, -0.25) is 0 Å². The monoisotopic (exact) mass is 354 g/mol. The molecule has 1 aliphatic heterocycles. The average molecular weight is 356 g/mol. The number of hydrogen-bond acceptors (Lipinski definition) is 1. The van der Waals surface area contributed by atoms with E-state index in [4.69, 9.17) is 16.3 Å². The summed E-state index contributed by atoms with van der Waals surface area (Å²) in [5.41, 5.74) is 3.46. The number of benzene rings is 2. The number of alkyl halides is 1. The molecule has 1 aliphatic rings. The Morgan fingerprint density at radius 3 is 2.80 bits per heavy atom. The van der Waals surface area contributed by atoms with Gasteiger partial charge in [0.05, 0.1) is 11.4 Å². The standard InChI is InChI=1S/C16H13BrClFO/c1-9-2-3-12(14(19)6-9)15(17)13-8-11(18)7-10-4-5-20-16(10)13/h2-3,6-8,15H,4-5H2,1H3. The van der Waals surface area contributed by atoms with Crippen LogP contribution < -0.4 is 4.74 Å². The van der Waals surface area contributed by atoms with Crippen LogP contribution in [0.3, 0.4) is 0 Å². The van der Waals surface area contributed by atoms with E-state index in [1.165, 1.54) is 6.07 Å². The van der Waals surface area contributed by atoms with Gasteiger partial charge in [0.15, 0.2) is 0 Å². The van der Waals surface area contributed by atoms with Gasteiger partial charge in [0.1, 0.15) is 11.6 Å². The molecule has 4 heteroatoms. The Balaban J connectivity index is 2.09. The number of aryl methyl sites for hydroxylation is 1. The smallest absolute Gasteiger partial charge is 0.128 e. The van der Waals surface area contributed by atoms with Gasteiger partial charge in [-0.25, -0.2) is 4.39 Å². The molecule has 0 fully saturated rings. The summed E-state index contributed by atoms with van der Waals surface area (Å²) in [6.45, 7) is 2.52. The van der Waals surface area contributed by atoms with Gasteiger partial charge in [0.25, 0.3) is 0 Å². The Morgan fingerprint density at radius 1 is 1.25 bits per heavy atom. The summed E-state index contributed by atoms with van der Waals surface area (Å²) >= 11 is 9.73. The fourth-order valence-electron chi connectivity index (χ4n) is 2.49. The molecule has 0 bridgehead atoms. The molecule has 0 saturated heterocycles. The fraction of sp³-hybridized carbons (Fsp3) is 0.250. The van der Waals surface area contributed by atoms with E-state index in [0.29, 0.717) is 17.2 Å². The van der Waals surface area contributed by atoms with Crippen molar-refractivity contribution in [2.24, 2.45) is 0 Å². The zero-order valence-corrected chi connectivity index (χ0v) is 13.3. The second-order valence-corrected chi connectivity index (χ2v) is 6.32. The lowest BCUT2D eigenvalue weighted by molar-refractivity contribution is 0.354. The van der Waals surface area contributed by atoms with E-state index in [-0.39, 0.29) is 10.6 Å². The van der Waals surface area contributed by atoms with Gasteiger partial charge in [-0.15, -0.1) is 0 Å². The quantitative estimate of drug-likeness (QED) is 0.672. The first-order valence-electron chi connectivity index (χ1n) is 6.41. The van der Waals surface area contributed by atoms with Crippen molar-refractivity contribution in [3.05, 3.63) is 63.4 Å². The lowest BCUT2D eigenvalue weighted by Crippen LogP contribution is -2.00. The molecule has 0 N–H and O–H groups in total. The highest BCUT2D eigenvalue weighted by Crippen LogP contribution is 2.43. The molecule has 0 amide bonds. The molecule has 1 nitrogen and oxygen atoms in total. The van der Waals surface area contributed by atoms with Crippen LogP contribution in [0.25, 0.3) is 0 Å². The Hall–Kier alpha value is -1.06. The van der Waals surface area contributed by atoms with Crippen molar-refractivity contribution in [1.82, 2.24) is 0 Å². The molecule has 0 aromatic heterocycles. The van der Waals surface area contributed by atoms with Gasteiger partial charge in [-0.2, -0.15) is 0 Å². The lowest BCUT2D eigenvalue weighted by atomic mass is 9.99. The second-order valence-electron chi connectivity index (χ2n) is 4.97. The zero-order valence-electron chi connectivity index (χ0n) is 10.9. The number of ether oxygens (including phenoxy) is 1. The fourth-order valence-corrected chi connectivity index (χ4v) is 3.45. The minimum absolute atomic E-state index is 0.224. The van der Waals surface area contributed by atoms with Crippen molar-refractivity contribution in [1.29, 1.82) is 0 Å². The molecule has 2 aromatic carbocycles. The molecule has 104 valence electrons. The van der Waals surface area contributed by atoms with Crippen LogP contribution in [0.5, 0.6) is 5.75 Å². The number of halogens is 3. The third-order valence-electron chi connectivity index (χ3n) is 3.48. The van der Waals surface area contributed by atoms with E-state index in [0.717, 1.165) is 28.9 Å². The van der Waals surface area contributed by atoms with Gasteiger partial charge in [-0.05, 0) is 36.2 Å². The molecule has 0 saturated carbocycles. The first kappa shape index (κ1) is 13.9. The predicted molar refractivity (Wildman–Crippen MR) is 82.6 cm³/mol. The number of fused-ring (bicyclic) bond motifs is 1. The van der Waals surface area contributed by atoms with E-state index >= 15 is 0 Å². The minimum Gasteiger partial charge on any atom is -0.493 e. The predicted octanol–water partition coefficient (Wildman–Crippen LogP) is 5.21. The van der Waals surface area contributed by atoms with E-state index in [9.17, 15) is 4.39 Å². The van der Waals surface area contributed by atoms with Crippen LogP contribution in [-0.2, 0) is 6.42 Å². The van der Waals surface area contributed by atoms with Crippen molar-refractivity contribution in [2.75, 3.05) is 6.61 Å². The maximum absolute atomic E-state index is 14.1. The first-order chi connectivity index (χ1) is 9.56. The topological polar surface area (TPSA) is 9.23 Å². The molecular weight excluding hydrogens is 343 g/mol. The average Bonchev–Trinajstić information content (AvgIpc) is 2.85. The summed E-state index contributed by atoms with van der Waals surface area (Å²) in [6.07, 6.45) is 0.846. The largest absolute Gasteiger partial charge is 0.493 e. The Morgan fingerprint density at radius 2 is 2.05 bits per heavy atom. The molecule has 0 radical (unpaired) electrons. The third kappa shape index (κ3) is 2.45. The first-order valence-corrected chi connectivity index (χ1v) is 7.71. The molecule has 3 rings (SSSR count). The molecule has 2 aromatic rings. The van der Waals surface area contributed by atoms with Crippen LogP contribution in [0.2, 0.25) is 5.02 Å². The molecular formula is C16H13BrClFO. The third-order valence-corrected chi connectivity index (χ3v) is 4.68. The summed E-state index contributed by atoms with van der Waals surface area (Å²) in [4.78, 5) is -0.270. The van der Waals surface area contributed by atoms with Crippen LogP contribution in [0.15, 0.2) is 30.3 Å². The normalized spacial score (nSPS) is 14.8. The van der Waals surface area contributed by atoms with E-state index < -0.39 is 0 Å². The van der Waals surface area contributed by atoms with Crippen LogP contribution in [0.4, 0.5) is 4.39 Å². The van der Waals surface area contributed by atoms with Gasteiger partial charge in [0.2, 0.25) is 0 Å².